The van der Waals surface area contributed by atoms with E-state index in [9.17, 15) is 24.3 Å². The Balaban J connectivity index is 0.000000323. The number of phenols is 1. The van der Waals surface area contributed by atoms with E-state index in [0.717, 1.165) is 69.8 Å². The van der Waals surface area contributed by atoms with Gasteiger partial charge in [0.15, 0.2) is 5.60 Å². The maximum absolute atomic E-state index is 13.1. The van der Waals surface area contributed by atoms with Gasteiger partial charge in [-0.2, -0.15) is 0 Å². The average molecular weight is 851 g/mol. The van der Waals surface area contributed by atoms with Gasteiger partial charge in [-0.15, -0.1) is 0 Å². The molecule has 62 heavy (non-hydrogen) atoms. The van der Waals surface area contributed by atoms with Crippen LogP contribution in [-0.4, -0.2) is 60.6 Å². The van der Waals surface area contributed by atoms with E-state index >= 15 is 0 Å². The Bertz CT molecular complexity index is 1840. The molecule has 0 saturated carbocycles. The Morgan fingerprint density at radius 2 is 1.03 bits per heavy atom. The van der Waals surface area contributed by atoms with Crippen LogP contribution in [-0.2, 0) is 23.7 Å². The third-order valence-electron chi connectivity index (χ3n) is 10.4. The highest BCUT2D eigenvalue weighted by Gasteiger charge is 2.46. The number of methoxy groups -OCH3 is 2. The highest BCUT2D eigenvalue weighted by molar-refractivity contribution is 6.22. The molecule has 0 amide bonds. The number of carbonyl (C=O) groups excluding carboxylic acids is 4. The molecule has 336 valence electrons. The number of unbranched alkanes of at least 4 members (excludes halogenated alkanes) is 5. The fourth-order valence-electron chi connectivity index (χ4n) is 6.60. The van der Waals surface area contributed by atoms with Crippen molar-refractivity contribution in [3.63, 3.8) is 0 Å². The molecule has 4 aromatic rings. The summed E-state index contributed by atoms with van der Waals surface area (Å²) >= 11 is 0. The minimum Gasteiger partial charge on any atom is -0.507 e. The number of carbonyl (C=O) groups is 4. The van der Waals surface area contributed by atoms with Gasteiger partial charge in [0.05, 0.1) is 7.11 Å². The predicted molar refractivity (Wildman–Crippen MR) is 248 cm³/mol. The van der Waals surface area contributed by atoms with Crippen molar-refractivity contribution in [1.82, 2.24) is 0 Å². The molecular formula is C53H70O9. The minimum atomic E-state index is -1.46. The Morgan fingerprint density at radius 3 is 1.47 bits per heavy atom. The fourth-order valence-corrected chi connectivity index (χ4v) is 6.60. The van der Waals surface area contributed by atoms with Crippen molar-refractivity contribution in [3.8, 4) is 5.75 Å². The van der Waals surface area contributed by atoms with E-state index in [1.54, 1.807) is 72.8 Å². The quantitative estimate of drug-likeness (QED) is 0.0183. The molecular weight excluding hydrogens is 781 g/mol. The summed E-state index contributed by atoms with van der Waals surface area (Å²) in [5, 5.41) is 9.58. The van der Waals surface area contributed by atoms with E-state index in [0.29, 0.717) is 17.5 Å². The van der Waals surface area contributed by atoms with Crippen LogP contribution < -0.4 is 0 Å². The zero-order valence-electron chi connectivity index (χ0n) is 38.1. The Kier molecular flexibility index (Phi) is 25.9. The third-order valence-corrected chi connectivity index (χ3v) is 10.4. The van der Waals surface area contributed by atoms with Gasteiger partial charge in [-0.3, -0.25) is 9.59 Å². The van der Waals surface area contributed by atoms with Crippen LogP contribution in [0, 0.1) is 0 Å². The lowest BCUT2D eigenvalue weighted by molar-refractivity contribution is -0.148. The molecule has 0 aliphatic heterocycles. The number of rotatable bonds is 24. The van der Waals surface area contributed by atoms with Crippen LogP contribution in [0.25, 0.3) is 6.08 Å². The van der Waals surface area contributed by atoms with Crippen LogP contribution in [0.4, 0.5) is 0 Å². The number of Topliss-reactive ketones (excluding diaryl/α,β-unsaturated/α-hetero) is 2. The normalized spacial score (nSPS) is 12.0. The Labute approximate surface area is 370 Å². The fraction of sp³-hybridized carbons (Fsp3) is 0.434. The van der Waals surface area contributed by atoms with Crippen molar-refractivity contribution in [2.24, 2.45) is 0 Å². The Hall–Kier alpha value is -5.54. The van der Waals surface area contributed by atoms with Gasteiger partial charge < -0.3 is 24.1 Å². The van der Waals surface area contributed by atoms with Crippen LogP contribution >= 0.6 is 0 Å². The van der Waals surface area contributed by atoms with Crippen molar-refractivity contribution in [3.05, 3.63) is 143 Å². The van der Waals surface area contributed by atoms with Crippen LogP contribution in [0.5, 0.6) is 5.75 Å². The minimum absolute atomic E-state index is 0.0223. The van der Waals surface area contributed by atoms with Gasteiger partial charge in [-0.25, -0.2) is 9.59 Å². The van der Waals surface area contributed by atoms with Gasteiger partial charge in [0.1, 0.15) is 23.5 Å². The van der Waals surface area contributed by atoms with Gasteiger partial charge >= 0.3 is 11.9 Å². The molecule has 9 heteroatoms. The van der Waals surface area contributed by atoms with Crippen LogP contribution in [0.15, 0.2) is 121 Å². The monoisotopic (exact) mass is 851 g/mol. The van der Waals surface area contributed by atoms with Gasteiger partial charge in [-0.1, -0.05) is 170 Å². The molecule has 0 spiro atoms. The summed E-state index contributed by atoms with van der Waals surface area (Å²) in [6, 6.07) is 33.8. The van der Waals surface area contributed by atoms with Gasteiger partial charge in [0, 0.05) is 18.2 Å². The second kappa shape index (κ2) is 30.5. The first-order valence-corrected chi connectivity index (χ1v) is 22.3. The summed E-state index contributed by atoms with van der Waals surface area (Å²) in [6.45, 7) is 10.4. The van der Waals surface area contributed by atoms with Gasteiger partial charge in [0.2, 0.25) is 17.3 Å². The lowest BCUT2D eigenvalue weighted by Crippen LogP contribution is -2.48. The number of ether oxygens (including phenoxy) is 4. The number of phenolic OH excluding ortho intramolecular Hbond substituents is 1. The molecule has 0 bridgehead atoms. The maximum Gasteiger partial charge on any atom is 0.373 e. The summed E-state index contributed by atoms with van der Waals surface area (Å²) in [4.78, 5) is 50.2. The summed E-state index contributed by atoms with van der Waals surface area (Å²) < 4.78 is 21.7. The van der Waals surface area contributed by atoms with E-state index in [4.69, 9.17) is 18.9 Å². The first-order valence-electron chi connectivity index (χ1n) is 22.3. The molecule has 0 heterocycles. The molecule has 0 aromatic heterocycles. The number of hydrogen-bond acceptors (Lipinski definition) is 9. The summed E-state index contributed by atoms with van der Waals surface area (Å²) in [6.07, 6.45) is 13.9. The molecule has 4 rings (SSSR count). The first kappa shape index (κ1) is 52.6. The average Bonchev–Trinajstić information content (AvgIpc) is 3.31. The van der Waals surface area contributed by atoms with Crippen molar-refractivity contribution in [2.75, 3.05) is 14.2 Å². The predicted octanol–water partition coefficient (Wildman–Crippen LogP) is 12.8. The molecule has 0 aliphatic rings. The van der Waals surface area contributed by atoms with E-state index < -0.39 is 11.6 Å². The van der Waals surface area contributed by atoms with Crippen LogP contribution in [0.1, 0.15) is 155 Å². The topological polar surface area (TPSA) is 125 Å². The zero-order valence-corrected chi connectivity index (χ0v) is 38.1. The summed E-state index contributed by atoms with van der Waals surface area (Å²) in [7, 11) is 2.94. The third kappa shape index (κ3) is 17.8. The molecule has 0 fully saturated rings. The SMILES string of the molecule is CCCCC(OC)(C(=O)c1ccccc1)C(=O)c1ccccc1.CCCCCC(CC)OC(=O)C(=Cc1ccccc1)OC.CCCCCC(CC)OC(=O)c1ccccc1O. The van der Waals surface area contributed by atoms with Crippen LogP contribution in [0.2, 0.25) is 0 Å². The van der Waals surface area contributed by atoms with Gasteiger partial charge in [0.25, 0.3) is 0 Å². The van der Waals surface area contributed by atoms with Crippen molar-refractivity contribution >= 4 is 29.6 Å². The maximum atomic E-state index is 13.1. The molecule has 2 atom stereocenters. The van der Waals surface area contributed by atoms with E-state index in [2.05, 4.69) is 13.8 Å². The lowest BCUT2D eigenvalue weighted by Gasteiger charge is -2.29. The molecule has 0 radical (unpaired) electrons. The molecule has 0 aliphatic carbocycles. The number of para-hydroxylation sites is 1. The molecule has 2 unspecified atom stereocenters. The highest BCUT2D eigenvalue weighted by Crippen LogP contribution is 2.29. The van der Waals surface area contributed by atoms with Crippen molar-refractivity contribution in [1.29, 1.82) is 0 Å². The van der Waals surface area contributed by atoms with Crippen LogP contribution in [0.3, 0.4) is 0 Å². The smallest absolute Gasteiger partial charge is 0.373 e. The second-order valence-electron chi connectivity index (χ2n) is 15.0. The molecule has 4 aromatic carbocycles. The number of hydrogen-bond donors (Lipinski definition) is 1. The van der Waals surface area contributed by atoms with E-state index in [1.165, 1.54) is 33.1 Å². The molecule has 0 saturated heterocycles. The number of benzene rings is 4. The van der Waals surface area contributed by atoms with Crippen molar-refractivity contribution in [2.45, 2.75) is 136 Å². The standard InChI is InChI=1S/C20H22O3.C18H26O3.C15H22O3/c1-3-4-15-20(23-2,18(21)16-11-7-5-8-12-16)19(22)17-13-9-6-10-14-17;1-4-6-8-13-16(5-2)21-18(19)17(20-3)14-15-11-9-7-10-12-15;1-3-5-6-9-12(4-2)18-15(17)13-10-7-8-11-14(13)16/h5-14H,3-4,15H2,1-2H3;7,9-12,14,16H,4-6,8,13H2,1-3H3;7-8,10-12,16H,3-6,9H2,1-2H3. The number of aromatic hydroxyl groups is 1. The summed E-state index contributed by atoms with van der Waals surface area (Å²) in [5.41, 5.74) is 0.694. The number of esters is 2. The molecule has 9 nitrogen and oxygen atoms in total. The van der Waals surface area contributed by atoms with E-state index in [-0.39, 0.29) is 46.8 Å². The second-order valence-corrected chi connectivity index (χ2v) is 15.0. The zero-order chi connectivity index (χ0) is 45.6. The first-order chi connectivity index (χ1) is 30.0. The van der Waals surface area contributed by atoms with E-state index in [1.807, 2.05) is 63.2 Å². The highest BCUT2D eigenvalue weighted by atomic mass is 16.6. The number of ketones is 2. The van der Waals surface area contributed by atoms with Gasteiger partial charge in [-0.05, 0) is 75.1 Å². The van der Waals surface area contributed by atoms with Crippen molar-refractivity contribution < 1.29 is 43.2 Å². The largest absolute Gasteiger partial charge is 0.507 e. The molecule has 1 N–H and O–H groups in total. The summed E-state index contributed by atoms with van der Waals surface area (Å²) in [5.74, 6) is -1.15. The Morgan fingerprint density at radius 1 is 0.581 bits per heavy atom. The lowest BCUT2D eigenvalue weighted by atomic mass is 9.81.